The Morgan fingerprint density at radius 1 is 0.868 bits per heavy atom. The van der Waals surface area contributed by atoms with Crippen LogP contribution in [0.1, 0.15) is 130 Å². The molecule has 5 atom stereocenters. The number of carbonyl (C=O) groups is 5. The van der Waals surface area contributed by atoms with E-state index in [0.717, 1.165) is 83.5 Å². The van der Waals surface area contributed by atoms with Crippen LogP contribution in [0.15, 0.2) is 0 Å². The molecule has 5 aliphatic carbocycles. The number of likely N-dealkylation sites (tertiary alicyclic amines) is 1. The third kappa shape index (κ3) is 8.89. The molecule has 5 amide bonds. The summed E-state index contributed by atoms with van der Waals surface area (Å²) in [5.41, 5.74) is -1.72. The molecule has 0 radical (unpaired) electrons. The van der Waals surface area contributed by atoms with Gasteiger partial charge in [-0.15, -0.1) is 0 Å². The summed E-state index contributed by atoms with van der Waals surface area (Å²) in [5, 5.41) is 11.9. The van der Waals surface area contributed by atoms with Crippen molar-refractivity contribution in [1.82, 2.24) is 30.5 Å². The number of sulfonamides is 1. The lowest BCUT2D eigenvalue weighted by molar-refractivity contribution is -0.146. The van der Waals surface area contributed by atoms with Crippen LogP contribution in [0.5, 0.6) is 0 Å². The lowest BCUT2D eigenvalue weighted by Gasteiger charge is -2.44. The third-order valence-electron chi connectivity index (χ3n) is 13.9. The SMILES string of the molecule is CCN(C)S(=O)(=O)CC1(NC(=O)NC(C(=O)N2CC3C(C2C(=O)NC(CCC2CC2)C(=O)C(=O)NC2CC2)C3(C)C)C2(C)CCCCC2)CCCCC1. The second kappa shape index (κ2) is 15.4. The van der Waals surface area contributed by atoms with Crippen LogP contribution < -0.4 is 21.3 Å². The Hall–Kier alpha value is -2.74. The summed E-state index contributed by atoms with van der Waals surface area (Å²) in [5.74, 6) is -1.79. The van der Waals surface area contributed by atoms with Crippen molar-refractivity contribution < 1.29 is 32.4 Å². The maximum absolute atomic E-state index is 15.0. The van der Waals surface area contributed by atoms with Gasteiger partial charge in [0.2, 0.25) is 27.6 Å². The van der Waals surface area contributed by atoms with Gasteiger partial charge in [-0.25, -0.2) is 17.5 Å². The lowest BCUT2D eigenvalue weighted by Crippen LogP contribution is -2.65. The summed E-state index contributed by atoms with van der Waals surface area (Å²) in [4.78, 5) is 71.4. The fourth-order valence-corrected chi connectivity index (χ4v) is 11.4. The highest BCUT2D eigenvalue weighted by molar-refractivity contribution is 7.89. The number of hydrogen-bond donors (Lipinski definition) is 4. The van der Waals surface area contributed by atoms with Gasteiger partial charge in [-0.2, -0.15) is 0 Å². The topological polar surface area (TPSA) is 174 Å². The number of rotatable bonds is 16. The lowest BCUT2D eigenvalue weighted by atomic mass is 9.70. The zero-order valence-electron chi connectivity index (χ0n) is 32.6. The molecular formula is C39H64N6O7S. The molecule has 0 spiro atoms. The van der Waals surface area contributed by atoms with E-state index in [0.29, 0.717) is 38.3 Å². The molecule has 298 valence electrons. The van der Waals surface area contributed by atoms with Crippen molar-refractivity contribution >= 4 is 39.6 Å². The molecule has 0 aromatic carbocycles. The standard InChI is InChI=1S/C39H64N6O7S/c1-6-44(5)53(51,52)24-39(21-11-8-12-22-39)43-36(50)42-32(38(4)19-9-7-10-20-38)35(49)45-23-27-29(37(27,2)3)30(45)33(47)41-28(18-15-25-13-14-25)31(46)34(48)40-26-16-17-26/h25-30,32H,6-24H2,1-5H3,(H,40,48)(H,41,47)(H2,42,43,50). The average Bonchev–Trinajstić information content (AvgIpc) is 4.07. The number of ketones is 1. The minimum Gasteiger partial charge on any atom is -0.347 e. The van der Waals surface area contributed by atoms with E-state index < -0.39 is 62.7 Å². The molecule has 53 heavy (non-hydrogen) atoms. The Kier molecular flexibility index (Phi) is 11.6. The number of fused-ring (bicyclic) bond motifs is 1. The van der Waals surface area contributed by atoms with Crippen LogP contribution >= 0.6 is 0 Å². The molecule has 14 heteroatoms. The van der Waals surface area contributed by atoms with Gasteiger partial charge in [-0.1, -0.05) is 79.1 Å². The minimum atomic E-state index is -3.64. The van der Waals surface area contributed by atoms with Gasteiger partial charge in [0.05, 0.1) is 17.3 Å². The predicted molar refractivity (Wildman–Crippen MR) is 201 cm³/mol. The number of hydrogen-bond acceptors (Lipinski definition) is 7. The Morgan fingerprint density at radius 3 is 2.08 bits per heavy atom. The van der Waals surface area contributed by atoms with Crippen molar-refractivity contribution in [3.05, 3.63) is 0 Å². The van der Waals surface area contributed by atoms with Crippen LogP contribution in [0, 0.1) is 28.6 Å². The third-order valence-corrected chi connectivity index (χ3v) is 16.0. The summed E-state index contributed by atoms with van der Waals surface area (Å²) in [6.07, 6.45) is 12.9. The van der Waals surface area contributed by atoms with Gasteiger partial charge in [0.25, 0.3) is 5.91 Å². The highest BCUT2D eigenvalue weighted by atomic mass is 32.2. The molecule has 13 nitrogen and oxygen atoms in total. The van der Waals surface area contributed by atoms with E-state index in [4.69, 9.17) is 0 Å². The van der Waals surface area contributed by atoms with Crippen molar-refractivity contribution in [2.24, 2.45) is 28.6 Å². The Labute approximate surface area is 316 Å². The molecule has 1 aliphatic heterocycles. The first-order chi connectivity index (χ1) is 25.0. The fraction of sp³-hybridized carbons (Fsp3) is 0.872. The Balaban J connectivity index is 1.23. The Bertz CT molecular complexity index is 1530. The second-order valence-electron chi connectivity index (χ2n) is 18.3. The van der Waals surface area contributed by atoms with Gasteiger partial charge < -0.3 is 26.2 Å². The first-order valence-corrected chi connectivity index (χ1v) is 22.1. The smallest absolute Gasteiger partial charge is 0.315 e. The largest absolute Gasteiger partial charge is 0.347 e. The van der Waals surface area contributed by atoms with Gasteiger partial charge in [-0.3, -0.25) is 19.2 Å². The zero-order chi connectivity index (χ0) is 38.3. The number of urea groups is 1. The monoisotopic (exact) mass is 760 g/mol. The number of piperidine rings is 1. The molecule has 1 saturated heterocycles. The van der Waals surface area contributed by atoms with Crippen molar-refractivity contribution in [2.75, 3.05) is 25.9 Å². The molecular weight excluding hydrogens is 697 g/mol. The van der Waals surface area contributed by atoms with Crippen LogP contribution in [-0.4, -0.2) is 103 Å². The second-order valence-corrected chi connectivity index (χ2v) is 20.4. The predicted octanol–water partition coefficient (Wildman–Crippen LogP) is 3.61. The fourth-order valence-electron chi connectivity index (χ4n) is 9.74. The molecule has 6 rings (SSSR count). The van der Waals surface area contributed by atoms with E-state index in [1.54, 1.807) is 18.9 Å². The van der Waals surface area contributed by atoms with Gasteiger partial charge in [-0.05, 0) is 80.0 Å². The highest BCUT2D eigenvalue weighted by Crippen LogP contribution is 2.65. The van der Waals surface area contributed by atoms with Gasteiger partial charge in [0, 0.05) is 26.2 Å². The maximum Gasteiger partial charge on any atom is 0.315 e. The van der Waals surface area contributed by atoms with E-state index in [-0.39, 0.29) is 35.0 Å². The molecule has 6 fully saturated rings. The van der Waals surface area contributed by atoms with Gasteiger partial charge >= 0.3 is 6.03 Å². The minimum absolute atomic E-state index is 0.0139. The first-order valence-electron chi connectivity index (χ1n) is 20.5. The molecule has 0 aromatic rings. The van der Waals surface area contributed by atoms with Crippen molar-refractivity contribution in [3.63, 3.8) is 0 Å². The number of nitrogens with zero attached hydrogens (tertiary/aromatic N) is 2. The van der Waals surface area contributed by atoms with Crippen LogP contribution in [0.25, 0.3) is 0 Å². The molecule has 1 heterocycles. The molecule has 5 unspecified atom stereocenters. The van der Waals surface area contributed by atoms with E-state index in [1.165, 1.54) is 4.31 Å². The highest BCUT2D eigenvalue weighted by Gasteiger charge is 2.70. The summed E-state index contributed by atoms with van der Waals surface area (Å²) >= 11 is 0. The number of Topliss-reactive ketones (excluding diaryl/α,β-unsaturated/α-hetero) is 1. The number of amides is 5. The zero-order valence-corrected chi connectivity index (χ0v) is 33.5. The summed E-state index contributed by atoms with van der Waals surface area (Å²) in [6.45, 7) is 8.70. The summed E-state index contributed by atoms with van der Waals surface area (Å²) < 4.78 is 27.9. The van der Waals surface area contributed by atoms with Crippen molar-refractivity contribution in [1.29, 1.82) is 0 Å². The Morgan fingerprint density at radius 2 is 1.49 bits per heavy atom. The van der Waals surface area contributed by atoms with Crippen LogP contribution in [0.3, 0.4) is 0 Å². The van der Waals surface area contributed by atoms with Gasteiger partial charge in [0.1, 0.15) is 12.1 Å². The molecule has 6 aliphatic rings. The van der Waals surface area contributed by atoms with Crippen molar-refractivity contribution in [2.45, 2.75) is 160 Å². The number of nitrogens with one attached hydrogen (secondary N) is 4. The maximum atomic E-state index is 15.0. The van der Waals surface area contributed by atoms with E-state index in [2.05, 4.69) is 35.1 Å². The first kappa shape index (κ1) is 39.9. The quantitative estimate of drug-likeness (QED) is 0.174. The van der Waals surface area contributed by atoms with E-state index >= 15 is 0 Å². The summed E-state index contributed by atoms with van der Waals surface area (Å²) in [7, 11) is -2.09. The van der Waals surface area contributed by atoms with E-state index in [1.807, 2.05) is 6.92 Å². The van der Waals surface area contributed by atoms with Gasteiger partial charge in [0.15, 0.2) is 0 Å². The average molecular weight is 761 g/mol. The molecule has 5 saturated carbocycles. The van der Waals surface area contributed by atoms with Crippen LogP contribution in [-0.2, 0) is 29.2 Å². The molecule has 0 aromatic heterocycles. The number of carbonyl (C=O) groups excluding carboxylic acids is 5. The molecule has 4 N–H and O–H groups in total. The van der Waals surface area contributed by atoms with Crippen molar-refractivity contribution in [3.8, 4) is 0 Å². The normalized spacial score (nSPS) is 28.3. The molecule has 0 bridgehead atoms. The van der Waals surface area contributed by atoms with Crippen LogP contribution in [0.4, 0.5) is 4.79 Å². The summed E-state index contributed by atoms with van der Waals surface area (Å²) in [6, 6.07) is -3.30. The van der Waals surface area contributed by atoms with E-state index in [9.17, 15) is 32.4 Å². The van der Waals surface area contributed by atoms with Crippen LogP contribution in [0.2, 0.25) is 0 Å².